The number of β-lactam (4-membered cyclic amide) rings is 1. The predicted molar refractivity (Wildman–Crippen MR) is 148 cm³/mol. The van der Waals surface area contributed by atoms with Gasteiger partial charge in [-0.3, -0.25) is 14.9 Å². The number of nitrogens with one attached hydrogen (secondary N) is 4. The average Bonchev–Trinajstić information content (AvgIpc) is 3.22. The van der Waals surface area contributed by atoms with E-state index in [0.717, 1.165) is 11.3 Å². The lowest BCUT2D eigenvalue weighted by molar-refractivity contribution is -0.179. The zero-order valence-electron chi connectivity index (χ0n) is 24.3. The van der Waals surface area contributed by atoms with E-state index in [1.807, 2.05) is 0 Å². The van der Waals surface area contributed by atoms with Crippen LogP contribution < -0.4 is 21.3 Å². The van der Waals surface area contributed by atoms with Gasteiger partial charge in [0, 0.05) is 18.5 Å². The second kappa shape index (κ2) is 12.9. The first-order valence-electron chi connectivity index (χ1n) is 12.7. The van der Waals surface area contributed by atoms with Crippen molar-refractivity contribution >= 4 is 46.1 Å². The third kappa shape index (κ3) is 10.4. The second-order valence-electron chi connectivity index (χ2n) is 11.8. The first-order valence-corrected chi connectivity index (χ1v) is 13.6. The van der Waals surface area contributed by atoms with Crippen molar-refractivity contribution in [1.82, 2.24) is 20.9 Å². The van der Waals surface area contributed by atoms with Gasteiger partial charge in [0.1, 0.15) is 22.9 Å². The fraction of sp³-hybridized carbons (Fsp3) is 0.680. The number of rotatable bonds is 11. The fourth-order valence-electron chi connectivity index (χ4n) is 3.07. The van der Waals surface area contributed by atoms with Crippen molar-refractivity contribution in [2.24, 2.45) is 5.16 Å². The highest BCUT2D eigenvalue weighted by molar-refractivity contribution is 7.14. The normalized spacial score (nSPS) is 18.6. The Morgan fingerprint density at radius 1 is 1.12 bits per heavy atom. The van der Waals surface area contributed by atoms with Crippen molar-refractivity contribution in [2.75, 3.05) is 18.4 Å². The Balaban J connectivity index is 2.27. The summed E-state index contributed by atoms with van der Waals surface area (Å²) >= 11 is 1.01. The van der Waals surface area contributed by atoms with Crippen molar-refractivity contribution < 1.29 is 38.6 Å². The molecule has 40 heavy (non-hydrogen) atoms. The number of aliphatic hydroxyl groups is 1. The van der Waals surface area contributed by atoms with Gasteiger partial charge in [0.2, 0.25) is 11.5 Å². The maximum Gasteiger partial charge on any atom is 0.413 e. The van der Waals surface area contributed by atoms with E-state index in [0.29, 0.717) is 13.1 Å². The molecule has 1 fully saturated rings. The van der Waals surface area contributed by atoms with E-state index in [2.05, 4.69) is 31.4 Å². The summed E-state index contributed by atoms with van der Waals surface area (Å²) in [5.74, 6) is -1.91. The monoisotopic (exact) mass is 584 g/mol. The Hall–Kier alpha value is -3.30. The molecule has 3 atom stereocenters. The Bertz CT molecular complexity index is 1120. The van der Waals surface area contributed by atoms with Gasteiger partial charge in [-0.1, -0.05) is 5.16 Å². The van der Waals surface area contributed by atoms with E-state index < -0.39 is 58.9 Å². The Labute approximate surface area is 237 Å². The molecular formula is C25H40N6O8S. The number of thiazole rings is 1. The summed E-state index contributed by atoms with van der Waals surface area (Å²) in [5, 5.41) is 25.7. The van der Waals surface area contributed by atoms with Gasteiger partial charge < -0.3 is 35.4 Å². The first kappa shape index (κ1) is 32.9. The summed E-state index contributed by atoms with van der Waals surface area (Å²) in [4.78, 5) is 60.0. The number of aliphatic hydroxyl groups excluding tert-OH is 1. The highest BCUT2D eigenvalue weighted by Gasteiger charge is 2.41. The fourth-order valence-corrected chi connectivity index (χ4v) is 3.75. The number of hydrogen-bond acceptors (Lipinski definition) is 12. The number of ether oxygens (including phenoxy) is 2. The molecule has 0 unspecified atom stereocenters. The van der Waals surface area contributed by atoms with Crippen molar-refractivity contribution in [3.8, 4) is 0 Å². The number of amides is 3. The summed E-state index contributed by atoms with van der Waals surface area (Å²) in [6.07, 6.45) is -1.32. The molecule has 15 heteroatoms. The van der Waals surface area contributed by atoms with Gasteiger partial charge in [0.25, 0.3) is 5.91 Å². The van der Waals surface area contributed by atoms with E-state index in [4.69, 9.17) is 14.3 Å². The van der Waals surface area contributed by atoms with Gasteiger partial charge in [-0.2, -0.15) is 0 Å². The molecule has 224 valence electrons. The second-order valence-corrected chi connectivity index (χ2v) is 12.6. The molecule has 1 aromatic heterocycles. The van der Waals surface area contributed by atoms with Gasteiger partial charge in [-0.25, -0.2) is 14.6 Å². The standard InChI is InChI=1S/C25H40N6O8S/c1-13(32)10-26-11-14-16(18(33)27-14)29-19(34)17(31-39-25(8,9)20(35)37-23(2,3)4)15-12-40-21(28-15)30-22(36)38-24(5,6)7/h12-14,16,26,32H,10-11H2,1-9H3,(H,27,33)(H,29,34)(H,28,30,36)/t13-,14-,16+/m1/s1. The lowest BCUT2D eigenvalue weighted by Crippen LogP contribution is -2.72. The minimum atomic E-state index is -1.58. The zero-order chi connectivity index (χ0) is 30.5. The molecule has 0 radical (unpaired) electrons. The van der Waals surface area contributed by atoms with Gasteiger partial charge in [-0.15, -0.1) is 11.3 Å². The summed E-state index contributed by atoms with van der Waals surface area (Å²) in [5.41, 5.74) is -3.40. The number of hydrogen-bond donors (Lipinski definition) is 5. The quantitative estimate of drug-likeness (QED) is 0.110. The van der Waals surface area contributed by atoms with E-state index >= 15 is 0 Å². The predicted octanol–water partition coefficient (Wildman–Crippen LogP) is 1.28. The zero-order valence-corrected chi connectivity index (χ0v) is 25.1. The van der Waals surface area contributed by atoms with E-state index in [-0.39, 0.29) is 16.5 Å². The number of aromatic nitrogens is 1. The largest absolute Gasteiger partial charge is 0.457 e. The van der Waals surface area contributed by atoms with Crippen LogP contribution in [0, 0.1) is 0 Å². The van der Waals surface area contributed by atoms with Crippen LogP contribution >= 0.6 is 11.3 Å². The van der Waals surface area contributed by atoms with Gasteiger partial charge in [-0.05, 0) is 62.3 Å². The highest BCUT2D eigenvalue weighted by atomic mass is 32.1. The molecule has 0 bridgehead atoms. The van der Waals surface area contributed by atoms with E-state index in [1.165, 1.54) is 19.2 Å². The van der Waals surface area contributed by atoms with Crippen molar-refractivity contribution in [1.29, 1.82) is 0 Å². The molecule has 1 aromatic rings. The summed E-state index contributed by atoms with van der Waals surface area (Å²) in [6, 6.07) is -1.33. The number of carbonyl (C=O) groups excluding carboxylic acids is 4. The third-order valence-electron chi connectivity index (χ3n) is 4.93. The molecule has 2 rings (SSSR count). The molecule has 0 aliphatic carbocycles. The molecule has 0 aromatic carbocycles. The number of anilines is 1. The third-order valence-corrected chi connectivity index (χ3v) is 5.69. The van der Waals surface area contributed by atoms with Gasteiger partial charge in [0.15, 0.2) is 10.8 Å². The average molecular weight is 585 g/mol. The van der Waals surface area contributed by atoms with Crippen LogP contribution in [-0.2, 0) is 28.7 Å². The van der Waals surface area contributed by atoms with Crippen LogP contribution in [0.3, 0.4) is 0 Å². The Kier molecular flexibility index (Phi) is 10.6. The molecule has 14 nitrogen and oxygen atoms in total. The maximum absolute atomic E-state index is 13.3. The van der Waals surface area contributed by atoms with E-state index in [1.54, 1.807) is 48.5 Å². The molecule has 0 spiro atoms. The first-order chi connectivity index (χ1) is 18.3. The number of nitrogens with zero attached hydrogens (tertiary/aromatic N) is 2. The van der Waals surface area contributed by atoms with Crippen LogP contribution in [0.15, 0.2) is 10.5 Å². The summed E-state index contributed by atoms with van der Waals surface area (Å²) in [7, 11) is 0. The van der Waals surface area contributed by atoms with E-state index in [9.17, 15) is 24.3 Å². The molecule has 2 heterocycles. The van der Waals surface area contributed by atoms with Crippen LogP contribution in [0.4, 0.5) is 9.93 Å². The van der Waals surface area contributed by atoms with Crippen molar-refractivity contribution in [3.05, 3.63) is 11.1 Å². The van der Waals surface area contributed by atoms with Crippen LogP contribution in [0.5, 0.6) is 0 Å². The Morgan fingerprint density at radius 3 is 2.30 bits per heavy atom. The van der Waals surface area contributed by atoms with Gasteiger partial charge >= 0.3 is 12.1 Å². The number of esters is 1. The Morgan fingerprint density at radius 2 is 1.75 bits per heavy atom. The molecule has 5 N–H and O–H groups in total. The molecule has 3 amide bonds. The smallest absolute Gasteiger partial charge is 0.413 e. The number of carbonyl (C=O) groups is 4. The van der Waals surface area contributed by atoms with Crippen molar-refractivity contribution in [3.63, 3.8) is 0 Å². The van der Waals surface area contributed by atoms with Crippen LogP contribution in [-0.4, -0.2) is 87.8 Å². The molecular weight excluding hydrogens is 544 g/mol. The summed E-state index contributed by atoms with van der Waals surface area (Å²) < 4.78 is 10.6. The lowest BCUT2D eigenvalue weighted by Gasteiger charge is -2.37. The number of oxime groups is 1. The maximum atomic E-state index is 13.3. The van der Waals surface area contributed by atoms with Crippen LogP contribution in [0.2, 0.25) is 0 Å². The molecule has 1 aliphatic rings. The topological polar surface area (TPSA) is 190 Å². The molecule has 1 aliphatic heterocycles. The minimum Gasteiger partial charge on any atom is -0.457 e. The van der Waals surface area contributed by atoms with Crippen LogP contribution in [0.1, 0.15) is 68.0 Å². The van der Waals surface area contributed by atoms with Crippen LogP contribution in [0.25, 0.3) is 0 Å². The molecule has 1 saturated heterocycles. The molecule has 0 saturated carbocycles. The summed E-state index contributed by atoms with van der Waals surface area (Å²) in [6.45, 7) is 15.3. The lowest BCUT2D eigenvalue weighted by atomic mass is 9.98. The minimum absolute atomic E-state index is 0.0251. The highest BCUT2D eigenvalue weighted by Crippen LogP contribution is 2.21. The van der Waals surface area contributed by atoms with Crippen molar-refractivity contribution in [2.45, 2.75) is 97.3 Å². The van der Waals surface area contributed by atoms with Gasteiger partial charge in [0.05, 0.1) is 12.1 Å². The SMILES string of the molecule is C[C@@H](O)CNC[C@H]1NC(=O)[C@H]1NC(=O)C(=NOC(C)(C)C(=O)OC(C)(C)C)c1csc(NC(=O)OC(C)(C)C)n1.